The number of hydrogen-bond acceptors (Lipinski definition) is 6. The molecular weight excluding hydrogens is 199 g/mol. The molecule has 1 aliphatic heterocycles. The Balaban J connectivity index is 2.38. The first-order chi connectivity index (χ1) is 7.38. The SMILES string of the molecule is OCCN(CCO)B1OCCNCCO1. The van der Waals surface area contributed by atoms with E-state index in [2.05, 4.69) is 5.32 Å². The van der Waals surface area contributed by atoms with Crippen LogP contribution >= 0.6 is 0 Å². The lowest BCUT2D eigenvalue weighted by molar-refractivity contribution is 0.109. The molecule has 1 saturated heterocycles. The van der Waals surface area contributed by atoms with Crippen LogP contribution in [-0.2, 0) is 9.31 Å². The van der Waals surface area contributed by atoms with E-state index in [1.165, 1.54) is 0 Å². The quantitative estimate of drug-likeness (QED) is 0.459. The van der Waals surface area contributed by atoms with Crippen molar-refractivity contribution in [2.75, 3.05) is 52.6 Å². The highest BCUT2D eigenvalue weighted by Gasteiger charge is 2.28. The maximum Gasteiger partial charge on any atom is 0.557 e. The average Bonchev–Trinajstić information content (AvgIpc) is 2.17. The fourth-order valence-electron chi connectivity index (χ4n) is 1.43. The first-order valence-electron chi connectivity index (χ1n) is 5.28. The van der Waals surface area contributed by atoms with Crippen molar-refractivity contribution in [3.05, 3.63) is 0 Å². The molecule has 3 N–H and O–H groups in total. The topological polar surface area (TPSA) is 74.2 Å². The molecular formula is C8H19BN2O4. The molecule has 7 heteroatoms. The fraction of sp³-hybridized carbons (Fsp3) is 1.00. The molecule has 0 atom stereocenters. The monoisotopic (exact) mass is 218 g/mol. The summed E-state index contributed by atoms with van der Waals surface area (Å²) < 4.78 is 10.9. The molecule has 0 radical (unpaired) electrons. The van der Waals surface area contributed by atoms with Crippen molar-refractivity contribution in [2.45, 2.75) is 0 Å². The minimum Gasteiger partial charge on any atom is -0.396 e. The standard InChI is InChI=1S/C8H19BN2O4/c12-5-3-11(4-6-13)9-14-7-1-10-2-8-15-9/h10,12-13H,1-8H2. The second-order valence-electron chi connectivity index (χ2n) is 3.28. The van der Waals surface area contributed by atoms with Crippen LogP contribution in [-0.4, -0.2) is 74.9 Å². The van der Waals surface area contributed by atoms with Crippen molar-refractivity contribution < 1.29 is 19.5 Å². The van der Waals surface area contributed by atoms with Gasteiger partial charge < -0.3 is 24.8 Å². The van der Waals surface area contributed by atoms with E-state index in [9.17, 15) is 0 Å². The van der Waals surface area contributed by atoms with Crippen molar-refractivity contribution in [3.8, 4) is 0 Å². The number of rotatable bonds is 5. The summed E-state index contributed by atoms with van der Waals surface area (Å²) in [4.78, 5) is 1.78. The summed E-state index contributed by atoms with van der Waals surface area (Å²) >= 11 is 0. The summed E-state index contributed by atoms with van der Waals surface area (Å²) in [6.45, 7) is 3.67. The van der Waals surface area contributed by atoms with E-state index in [1.54, 1.807) is 4.81 Å². The molecule has 0 aromatic carbocycles. The van der Waals surface area contributed by atoms with Crippen LogP contribution in [0.25, 0.3) is 0 Å². The molecule has 1 fully saturated rings. The fourth-order valence-corrected chi connectivity index (χ4v) is 1.43. The summed E-state index contributed by atoms with van der Waals surface area (Å²) in [5, 5.41) is 20.9. The Bertz CT molecular complexity index is 150. The van der Waals surface area contributed by atoms with Gasteiger partial charge in [0, 0.05) is 39.4 Å². The van der Waals surface area contributed by atoms with E-state index >= 15 is 0 Å². The van der Waals surface area contributed by atoms with Crippen molar-refractivity contribution in [3.63, 3.8) is 0 Å². The lowest BCUT2D eigenvalue weighted by atomic mass is 10.0. The predicted molar refractivity (Wildman–Crippen MR) is 56.3 cm³/mol. The van der Waals surface area contributed by atoms with Crippen LogP contribution in [0.2, 0.25) is 0 Å². The second-order valence-corrected chi connectivity index (χ2v) is 3.28. The second kappa shape index (κ2) is 8.03. The Labute approximate surface area is 90.3 Å². The molecule has 0 bridgehead atoms. The van der Waals surface area contributed by atoms with Gasteiger partial charge in [0.2, 0.25) is 0 Å². The van der Waals surface area contributed by atoms with Gasteiger partial charge in [0.1, 0.15) is 0 Å². The van der Waals surface area contributed by atoms with Gasteiger partial charge in [-0.3, -0.25) is 4.81 Å². The average molecular weight is 218 g/mol. The van der Waals surface area contributed by atoms with Gasteiger partial charge >= 0.3 is 7.25 Å². The summed E-state index contributed by atoms with van der Waals surface area (Å²) in [5.41, 5.74) is 0. The van der Waals surface area contributed by atoms with E-state index in [4.69, 9.17) is 19.5 Å². The van der Waals surface area contributed by atoms with E-state index in [0.29, 0.717) is 26.3 Å². The summed E-state index contributed by atoms with van der Waals surface area (Å²) in [6.07, 6.45) is 0. The third-order valence-electron chi connectivity index (χ3n) is 2.15. The van der Waals surface area contributed by atoms with Gasteiger partial charge in [-0.05, 0) is 0 Å². The zero-order valence-electron chi connectivity index (χ0n) is 8.89. The lowest BCUT2D eigenvalue weighted by Crippen LogP contribution is -2.50. The molecule has 15 heavy (non-hydrogen) atoms. The number of aliphatic hydroxyl groups excluding tert-OH is 2. The van der Waals surface area contributed by atoms with E-state index in [0.717, 1.165) is 13.1 Å². The molecule has 6 nitrogen and oxygen atoms in total. The third kappa shape index (κ3) is 4.92. The highest BCUT2D eigenvalue weighted by atomic mass is 16.6. The normalized spacial score (nSPS) is 19.0. The van der Waals surface area contributed by atoms with Crippen molar-refractivity contribution in [2.24, 2.45) is 0 Å². The smallest absolute Gasteiger partial charge is 0.396 e. The predicted octanol–water partition coefficient (Wildman–Crippen LogP) is -2.11. The van der Waals surface area contributed by atoms with Crippen LogP contribution in [0, 0.1) is 0 Å². The maximum atomic E-state index is 8.87. The van der Waals surface area contributed by atoms with Gasteiger partial charge in [-0.25, -0.2) is 0 Å². The molecule has 1 rings (SSSR count). The number of nitrogens with zero attached hydrogens (tertiary/aromatic N) is 1. The lowest BCUT2D eigenvalue weighted by Gasteiger charge is -2.27. The third-order valence-corrected chi connectivity index (χ3v) is 2.15. The van der Waals surface area contributed by atoms with Crippen LogP contribution in [0.15, 0.2) is 0 Å². The summed E-state index contributed by atoms with van der Waals surface area (Å²) in [6, 6.07) is 0. The maximum absolute atomic E-state index is 8.87. The van der Waals surface area contributed by atoms with Crippen LogP contribution in [0.3, 0.4) is 0 Å². The first-order valence-corrected chi connectivity index (χ1v) is 5.28. The molecule has 0 aromatic heterocycles. The Kier molecular flexibility index (Phi) is 6.90. The van der Waals surface area contributed by atoms with E-state index in [-0.39, 0.29) is 13.2 Å². The number of hydrogen-bond donors (Lipinski definition) is 3. The van der Waals surface area contributed by atoms with Crippen LogP contribution < -0.4 is 5.32 Å². The molecule has 0 amide bonds. The van der Waals surface area contributed by atoms with Gasteiger partial charge in [-0.2, -0.15) is 0 Å². The van der Waals surface area contributed by atoms with Gasteiger partial charge in [0.15, 0.2) is 0 Å². The Morgan fingerprint density at radius 1 is 1.07 bits per heavy atom. The Morgan fingerprint density at radius 3 is 2.07 bits per heavy atom. The minimum atomic E-state index is -0.452. The van der Waals surface area contributed by atoms with Crippen LogP contribution in [0.4, 0.5) is 0 Å². The Hall–Kier alpha value is -0.175. The zero-order chi connectivity index (χ0) is 10.9. The highest BCUT2D eigenvalue weighted by molar-refractivity contribution is 6.41. The van der Waals surface area contributed by atoms with Crippen LogP contribution in [0.5, 0.6) is 0 Å². The van der Waals surface area contributed by atoms with Gasteiger partial charge in [0.05, 0.1) is 13.2 Å². The van der Waals surface area contributed by atoms with Crippen LogP contribution in [0.1, 0.15) is 0 Å². The van der Waals surface area contributed by atoms with E-state index < -0.39 is 7.25 Å². The van der Waals surface area contributed by atoms with Gasteiger partial charge in [0.25, 0.3) is 0 Å². The largest absolute Gasteiger partial charge is 0.557 e. The van der Waals surface area contributed by atoms with Crippen molar-refractivity contribution >= 4 is 7.25 Å². The highest BCUT2D eigenvalue weighted by Crippen LogP contribution is 2.00. The zero-order valence-corrected chi connectivity index (χ0v) is 8.89. The first kappa shape index (κ1) is 12.9. The molecule has 0 aliphatic carbocycles. The Morgan fingerprint density at radius 2 is 1.60 bits per heavy atom. The molecule has 0 saturated carbocycles. The van der Waals surface area contributed by atoms with E-state index in [1.807, 2.05) is 0 Å². The summed E-state index contributed by atoms with van der Waals surface area (Å²) in [5.74, 6) is 0. The number of nitrogens with one attached hydrogen (secondary N) is 1. The number of aliphatic hydroxyl groups is 2. The molecule has 0 unspecified atom stereocenters. The molecule has 1 heterocycles. The summed E-state index contributed by atoms with van der Waals surface area (Å²) in [7, 11) is -0.452. The molecule has 88 valence electrons. The molecule has 1 aliphatic rings. The minimum absolute atomic E-state index is 0.0292. The molecule has 0 spiro atoms. The van der Waals surface area contributed by atoms with Gasteiger partial charge in [-0.15, -0.1) is 0 Å². The molecule has 0 aromatic rings. The van der Waals surface area contributed by atoms with Crippen molar-refractivity contribution in [1.29, 1.82) is 0 Å². The van der Waals surface area contributed by atoms with Gasteiger partial charge in [-0.1, -0.05) is 0 Å². The van der Waals surface area contributed by atoms with Crippen molar-refractivity contribution in [1.82, 2.24) is 10.1 Å².